The summed E-state index contributed by atoms with van der Waals surface area (Å²) in [5.74, 6) is -0.804. The number of Topliss-reactive ketones (excluding diaryl/α,β-unsaturated/α-hetero) is 2. The first-order valence-corrected chi connectivity index (χ1v) is 5.48. The zero-order valence-electron chi connectivity index (χ0n) is 9.58. The molecule has 0 saturated heterocycles. The summed E-state index contributed by atoms with van der Waals surface area (Å²) in [5, 5.41) is 27.1. The van der Waals surface area contributed by atoms with Gasteiger partial charge in [0.2, 0.25) is 0 Å². The van der Waals surface area contributed by atoms with Crippen LogP contribution in [0.15, 0.2) is 0 Å². The molecule has 0 aliphatic rings. The maximum Gasteiger partial charge on any atom is 0.479 e. The fourth-order valence-electron chi connectivity index (χ4n) is 1.04. The van der Waals surface area contributed by atoms with Gasteiger partial charge in [0.1, 0.15) is 17.5 Å². The monoisotopic (exact) mass is 269 g/mol. The van der Waals surface area contributed by atoms with Gasteiger partial charge in [-0.05, 0) is 25.3 Å². The minimum atomic E-state index is -3.15. The second-order valence-electron chi connectivity index (χ2n) is 3.55. The SMILES string of the molecule is CC(=O)CC(C)(O)C(O)C(C)=O.O=[P+]([O-])O[O-]. The van der Waals surface area contributed by atoms with E-state index in [1.165, 1.54) is 20.8 Å². The van der Waals surface area contributed by atoms with Crippen molar-refractivity contribution in [2.45, 2.75) is 38.9 Å². The Hall–Kier alpha value is -0.760. The highest BCUT2D eigenvalue weighted by molar-refractivity contribution is 7.30. The summed E-state index contributed by atoms with van der Waals surface area (Å²) in [5.41, 5.74) is -1.64. The molecule has 0 heterocycles. The van der Waals surface area contributed by atoms with Gasteiger partial charge in [0.25, 0.3) is 0 Å². The molecule has 0 spiro atoms. The number of ketones is 2. The maximum absolute atomic E-state index is 10.7. The van der Waals surface area contributed by atoms with E-state index in [4.69, 9.17) is 19.8 Å². The lowest BCUT2D eigenvalue weighted by molar-refractivity contribution is -0.644. The molecule has 0 aromatic carbocycles. The number of carbonyl (C=O) groups excluding carboxylic acids is 2. The summed E-state index contributed by atoms with van der Waals surface area (Å²) >= 11 is 0. The van der Waals surface area contributed by atoms with Gasteiger partial charge in [0.15, 0.2) is 5.78 Å². The van der Waals surface area contributed by atoms with Gasteiger partial charge in [0.05, 0.1) is 0 Å². The molecule has 0 radical (unpaired) electrons. The average Bonchev–Trinajstić information content (AvgIpc) is 2.15. The molecule has 2 N–H and O–H groups in total. The molecule has 3 atom stereocenters. The van der Waals surface area contributed by atoms with Crippen molar-refractivity contribution >= 4 is 19.8 Å². The van der Waals surface area contributed by atoms with Crippen LogP contribution in [0.5, 0.6) is 0 Å². The Morgan fingerprint density at radius 2 is 1.82 bits per heavy atom. The zero-order valence-corrected chi connectivity index (χ0v) is 10.5. The molecule has 3 unspecified atom stereocenters. The third-order valence-corrected chi connectivity index (χ3v) is 1.76. The van der Waals surface area contributed by atoms with Crippen LogP contribution in [-0.2, 0) is 18.8 Å². The Balaban J connectivity index is 0. The second kappa shape index (κ2) is 8.35. The van der Waals surface area contributed by atoms with E-state index in [1.54, 1.807) is 0 Å². The van der Waals surface area contributed by atoms with Gasteiger partial charge in [-0.25, -0.2) is 4.67 Å². The van der Waals surface area contributed by atoms with Crippen molar-refractivity contribution in [3.63, 3.8) is 0 Å². The first-order valence-electron chi connectivity index (χ1n) is 4.39. The van der Waals surface area contributed by atoms with Crippen molar-refractivity contribution in [2.24, 2.45) is 0 Å². The molecule has 100 valence electrons. The molecule has 0 amide bonds. The van der Waals surface area contributed by atoms with Crippen molar-refractivity contribution in [3.8, 4) is 0 Å². The standard InChI is InChI=1S/C8H14O4.HO4P/c1-5(9)4-8(3,12)7(11)6(2)10;1-4-5(2)3/h7,11-12H,4H2,1-3H3;1H/p-1. The van der Waals surface area contributed by atoms with E-state index in [0.29, 0.717) is 0 Å². The Labute approximate surface area is 98.7 Å². The number of hydrogen-bond acceptors (Lipinski definition) is 8. The molecule has 0 aliphatic carbocycles. The van der Waals surface area contributed by atoms with Crippen LogP contribution in [0.4, 0.5) is 0 Å². The van der Waals surface area contributed by atoms with E-state index in [-0.39, 0.29) is 12.2 Å². The molecule has 0 rings (SSSR count). The Bertz CT molecular complexity index is 287. The predicted molar refractivity (Wildman–Crippen MR) is 51.3 cm³/mol. The normalized spacial score (nSPS) is 16.1. The van der Waals surface area contributed by atoms with Crippen molar-refractivity contribution in [1.29, 1.82) is 0 Å². The second-order valence-corrected chi connectivity index (χ2v) is 4.14. The first-order chi connectivity index (χ1) is 7.54. The highest BCUT2D eigenvalue weighted by Crippen LogP contribution is 2.15. The first kappa shape index (κ1) is 18.6. The Kier molecular flexibility index (Phi) is 9.13. The van der Waals surface area contributed by atoms with Crippen LogP contribution < -0.4 is 10.2 Å². The number of aliphatic hydroxyl groups excluding tert-OH is 1. The molecular formula is C8H14O8P-. The van der Waals surface area contributed by atoms with Crippen molar-refractivity contribution in [3.05, 3.63) is 0 Å². The van der Waals surface area contributed by atoms with E-state index in [0.717, 1.165) is 0 Å². The number of aliphatic hydroxyl groups is 2. The van der Waals surface area contributed by atoms with Crippen LogP contribution in [0.1, 0.15) is 27.2 Å². The summed E-state index contributed by atoms with van der Waals surface area (Å²) in [6, 6.07) is 0. The highest BCUT2D eigenvalue weighted by Gasteiger charge is 2.34. The fraction of sp³-hybridized carbons (Fsp3) is 0.750. The molecule has 0 saturated carbocycles. The quantitative estimate of drug-likeness (QED) is 0.329. The number of carbonyl (C=O) groups is 2. The third-order valence-electron chi connectivity index (χ3n) is 1.64. The van der Waals surface area contributed by atoms with E-state index in [2.05, 4.69) is 4.67 Å². The zero-order chi connectivity index (χ0) is 14.2. The van der Waals surface area contributed by atoms with Crippen LogP contribution in [0.25, 0.3) is 0 Å². The summed E-state index contributed by atoms with van der Waals surface area (Å²) in [7, 11) is -3.15. The molecule has 17 heavy (non-hydrogen) atoms. The summed E-state index contributed by atoms with van der Waals surface area (Å²) in [6.07, 6.45) is -1.70. The van der Waals surface area contributed by atoms with E-state index in [1.807, 2.05) is 0 Å². The average molecular weight is 269 g/mol. The molecule has 9 heteroatoms. The van der Waals surface area contributed by atoms with Crippen molar-refractivity contribution in [2.75, 3.05) is 0 Å². The minimum Gasteiger partial charge on any atom is -0.674 e. The van der Waals surface area contributed by atoms with Crippen molar-refractivity contribution < 1.29 is 39.2 Å². The Morgan fingerprint density at radius 1 is 1.47 bits per heavy atom. The predicted octanol–water partition coefficient (Wildman–Crippen LogP) is -2.04. The molecule has 0 aromatic heterocycles. The maximum atomic E-state index is 10.7. The smallest absolute Gasteiger partial charge is 0.479 e. The third kappa shape index (κ3) is 10.1. The lowest BCUT2D eigenvalue weighted by Crippen LogP contribution is -2.44. The van der Waals surface area contributed by atoms with Gasteiger partial charge in [-0.3, -0.25) is 9.59 Å². The van der Waals surface area contributed by atoms with Gasteiger partial charge in [0, 0.05) is 6.42 Å². The van der Waals surface area contributed by atoms with Crippen LogP contribution >= 0.6 is 8.25 Å². The van der Waals surface area contributed by atoms with Gasteiger partial charge >= 0.3 is 8.25 Å². The van der Waals surface area contributed by atoms with Crippen LogP contribution in [0.2, 0.25) is 0 Å². The molecule has 0 aromatic rings. The highest BCUT2D eigenvalue weighted by atomic mass is 31.1. The molecule has 8 nitrogen and oxygen atoms in total. The summed E-state index contributed by atoms with van der Waals surface area (Å²) in [4.78, 5) is 30.1. The largest absolute Gasteiger partial charge is 0.674 e. The van der Waals surface area contributed by atoms with Gasteiger partial charge in [-0.2, -0.15) is 0 Å². The lowest BCUT2D eigenvalue weighted by Gasteiger charge is -2.25. The van der Waals surface area contributed by atoms with E-state index >= 15 is 0 Å². The summed E-state index contributed by atoms with van der Waals surface area (Å²) < 4.78 is 11.3. The fourth-order valence-corrected chi connectivity index (χ4v) is 1.04. The van der Waals surface area contributed by atoms with Crippen LogP contribution in [0, 0.1) is 0 Å². The van der Waals surface area contributed by atoms with Gasteiger partial charge < -0.3 is 20.4 Å². The summed E-state index contributed by atoms with van der Waals surface area (Å²) in [6.45, 7) is 3.72. The Morgan fingerprint density at radius 3 is 2.00 bits per heavy atom. The molecule has 0 fully saturated rings. The molecular weight excluding hydrogens is 255 g/mol. The number of hydrogen-bond donors (Lipinski definition) is 2. The minimum absolute atomic E-state index is 0.215. The van der Waals surface area contributed by atoms with E-state index in [9.17, 15) is 14.7 Å². The van der Waals surface area contributed by atoms with Gasteiger partial charge in [-0.15, -0.1) is 0 Å². The van der Waals surface area contributed by atoms with E-state index < -0.39 is 25.7 Å². The topological polar surface area (TPSA) is 147 Å². The lowest BCUT2D eigenvalue weighted by atomic mass is 9.91. The molecule has 0 bridgehead atoms. The van der Waals surface area contributed by atoms with Crippen molar-refractivity contribution in [1.82, 2.24) is 0 Å². The molecule has 0 aliphatic heterocycles. The van der Waals surface area contributed by atoms with Gasteiger partial charge in [-0.1, -0.05) is 0 Å². The number of rotatable bonds is 5. The van der Waals surface area contributed by atoms with Crippen LogP contribution in [0.3, 0.4) is 0 Å². The van der Waals surface area contributed by atoms with Crippen LogP contribution in [-0.4, -0.2) is 33.5 Å².